The summed E-state index contributed by atoms with van der Waals surface area (Å²) < 4.78 is 45.9. The van der Waals surface area contributed by atoms with Crippen molar-refractivity contribution in [1.29, 1.82) is 0 Å². The summed E-state index contributed by atoms with van der Waals surface area (Å²) in [5, 5.41) is 5.89. The summed E-state index contributed by atoms with van der Waals surface area (Å²) in [4.78, 5) is 30.3. The summed E-state index contributed by atoms with van der Waals surface area (Å²) in [5.41, 5.74) is -0.131. The fraction of sp³-hybridized carbons (Fsp3) is 0.324. The molecule has 1 aromatic heterocycles. The molecule has 5 rings (SSSR count). The molecule has 2 amide bonds. The van der Waals surface area contributed by atoms with Gasteiger partial charge in [0.1, 0.15) is 17.0 Å². The molecule has 0 bridgehead atoms. The number of nitrogens with zero attached hydrogens (tertiary/aromatic N) is 1. The number of unbranched alkanes of at least 4 members (excludes halogenated alkanes) is 4. The van der Waals surface area contributed by atoms with Crippen molar-refractivity contribution < 1.29 is 35.4 Å². The fourth-order valence-electron chi connectivity index (χ4n) is 4.91. The summed E-state index contributed by atoms with van der Waals surface area (Å²) >= 11 is 0. The smallest absolute Gasteiger partial charge is 0.240 e. The van der Waals surface area contributed by atoms with Gasteiger partial charge in [0.25, 0.3) is 0 Å². The van der Waals surface area contributed by atoms with E-state index in [9.17, 15) is 14.0 Å². The molecule has 1 aliphatic carbocycles. The normalized spacial score (nSPS) is 12.7. The Hall–Kier alpha value is -4.99. The van der Waals surface area contributed by atoms with Crippen molar-refractivity contribution in [2.24, 2.45) is 5.41 Å². The Kier molecular flexibility index (Phi) is 12.3. The first kappa shape index (κ1) is 34.9. The van der Waals surface area contributed by atoms with Crippen molar-refractivity contribution in [3.05, 3.63) is 91.1 Å². The van der Waals surface area contributed by atoms with E-state index in [1.807, 2.05) is 19.9 Å². The highest BCUT2D eigenvalue weighted by Crippen LogP contribution is 2.47. The molecule has 0 aliphatic heterocycles. The highest BCUT2D eigenvalue weighted by atomic mass is 19.1. The van der Waals surface area contributed by atoms with Crippen LogP contribution in [0.2, 0.25) is 0 Å². The van der Waals surface area contributed by atoms with Crippen LogP contribution < -0.4 is 24.8 Å². The molecule has 4 aromatic rings. The van der Waals surface area contributed by atoms with Crippen molar-refractivity contribution in [3.63, 3.8) is 0 Å². The number of hydrogen-bond acceptors (Lipinski definition) is 6. The number of halogens is 2. The molecular formula is C37H45F2N3O5. The van der Waals surface area contributed by atoms with Crippen molar-refractivity contribution in [3.8, 4) is 23.0 Å². The van der Waals surface area contributed by atoms with E-state index >= 15 is 4.39 Å². The van der Waals surface area contributed by atoms with Crippen LogP contribution in [0.3, 0.4) is 0 Å². The number of benzene rings is 3. The molecule has 1 saturated carbocycles. The molecule has 1 aliphatic rings. The first-order valence-electron chi connectivity index (χ1n) is 15.9. The van der Waals surface area contributed by atoms with E-state index in [0.29, 0.717) is 53.3 Å². The van der Waals surface area contributed by atoms with Crippen molar-refractivity contribution in [2.45, 2.75) is 58.8 Å². The molecule has 8 nitrogen and oxygen atoms in total. The minimum Gasteiger partial charge on any atom is -0.493 e. The molecule has 3 aromatic carbocycles. The lowest BCUT2D eigenvalue weighted by Gasteiger charge is -2.16. The zero-order valence-electron chi connectivity index (χ0n) is 27.0. The lowest BCUT2D eigenvalue weighted by molar-refractivity contribution is -0.131. The zero-order chi connectivity index (χ0) is 33.8. The van der Waals surface area contributed by atoms with Gasteiger partial charge >= 0.3 is 0 Å². The number of anilines is 2. The monoisotopic (exact) mass is 649 g/mol. The second-order valence-electron chi connectivity index (χ2n) is 10.9. The number of fused-ring (bicyclic) bond motifs is 1. The molecular weight excluding hydrogens is 604 g/mol. The molecule has 0 atom stereocenters. The fourth-order valence-corrected chi connectivity index (χ4v) is 4.91. The minimum atomic E-state index is -1.27. The average molecular weight is 650 g/mol. The third-order valence-electron chi connectivity index (χ3n) is 7.68. The molecule has 0 saturated heterocycles. The van der Waals surface area contributed by atoms with Crippen LogP contribution in [0.5, 0.6) is 23.0 Å². The first-order chi connectivity index (χ1) is 22.8. The summed E-state index contributed by atoms with van der Waals surface area (Å²) in [7, 11) is 1.55. The van der Waals surface area contributed by atoms with Crippen LogP contribution in [0, 0.1) is 17.0 Å². The number of amides is 2. The van der Waals surface area contributed by atoms with Crippen molar-refractivity contribution in [1.82, 2.24) is 4.98 Å². The van der Waals surface area contributed by atoms with Gasteiger partial charge in [-0.05, 0) is 80.6 Å². The van der Waals surface area contributed by atoms with Gasteiger partial charge in [0.2, 0.25) is 11.8 Å². The van der Waals surface area contributed by atoms with Crippen LogP contribution in [-0.4, -0.2) is 30.5 Å². The van der Waals surface area contributed by atoms with E-state index in [2.05, 4.69) is 22.2 Å². The number of ether oxygens (including phenoxy) is 3. The molecule has 10 heteroatoms. The topological polar surface area (TPSA) is 98.8 Å². The number of carbonyl (C=O) groups excluding carboxylic acids is 2. The van der Waals surface area contributed by atoms with Crippen LogP contribution in [0.15, 0.2) is 79.5 Å². The predicted octanol–water partition coefficient (Wildman–Crippen LogP) is 9.70. The maximum absolute atomic E-state index is 15.2. The molecule has 0 unspecified atom stereocenters. The summed E-state index contributed by atoms with van der Waals surface area (Å²) in [6.45, 7) is 8.29. The Labute approximate surface area is 277 Å². The SMILES string of the molecule is C=CCCCCCCOc1cc2nccc(Oc3ccc(NC(=O)C4(C(=O)Nc5ccc(F)cc5)CC4)cc3F)c2cc1OC.CC.[HH].[HH]. The van der Waals surface area contributed by atoms with Crippen molar-refractivity contribution in [2.75, 3.05) is 24.4 Å². The second-order valence-corrected chi connectivity index (χ2v) is 10.9. The maximum Gasteiger partial charge on any atom is 0.240 e. The number of allylic oxidation sites excluding steroid dienone is 1. The molecule has 1 heterocycles. The van der Waals surface area contributed by atoms with E-state index in [-0.39, 0.29) is 14.3 Å². The van der Waals surface area contributed by atoms with Gasteiger partial charge in [-0.2, -0.15) is 0 Å². The van der Waals surface area contributed by atoms with Crippen LogP contribution in [0.1, 0.15) is 61.6 Å². The molecule has 0 radical (unpaired) electrons. The first-order valence-corrected chi connectivity index (χ1v) is 15.9. The third-order valence-corrected chi connectivity index (χ3v) is 7.68. The van der Waals surface area contributed by atoms with E-state index in [4.69, 9.17) is 14.2 Å². The van der Waals surface area contributed by atoms with Crippen molar-refractivity contribution >= 4 is 34.1 Å². The largest absolute Gasteiger partial charge is 0.493 e. The van der Waals surface area contributed by atoms with Crippen LogP contribution >= 0.6 is 0 Å². The molecule has 252 valence electrons. The Morgan fingerprint density at radius 2 is 1.55 bits per heavy atom. The van der Waals surface area contributed by atoms with Crippen LogP contribution in [-0.2, 0) is 9.59 Å². The number of rotatable bonds is 15. The highest BCUT2D eigenvalue weighted by molar-refractivity contribution is 6.16. The third kappa shape index (κ3) is 8.84. The number of aromatic nitrogens is 1. The van der Waals surface area contributed by atoms with Gasteiger partial charge in [-0.1, -0.05) is 32.8 Å². The number of carbonyl (C=O) groups is 2. The predicted molar refractivity (Wildman–Crippen MR) is 184 cm³/mol. The van der Waals surface area contributed by atoms with E-state index in [1.54, 1.807) is 31.5 Å². The number of methoxy groups -OCH3 is 1. The average Bonchev–Trinajstić information content (AvgIpc) is 3.90. The van der Waals surface area contributed by atoms with Gasteiger partial charge in [0.15, 0.2) is 23.1 Å². The highest BCUT2D eigenvalue weighted by Gasteiger charge is 2.56. The standard InChI is InChI=1S/C35H35F2N3O5.C2H6.2H2/c1-3-4-5-6-7-8-19-44-32-22-28-26(21-31(32)43-2)29(15-18-38-28)45-30-14-13-25(20-27(30)37)40-34(42)35(16-17-35)33(41)39-24-11-9-23(36)10-12-24;1-2;;/h3,9-15,18,20-22H,1,4-8,16-17,19H2,2H3,(H,39,41)(H,40,42);1-2H3;2*1H. The zero-order valence-corrected chi connectivity index (χ0v) is 27.0. The Morgan fingerprint density at radius 1 is 0.872 bits per heavy atom. The Bertz CT molecular complexity index is 1700. The summed E-state index contributed by atoms with van der Waals surface area (Å²) in [5.74, 6) is -0.835. The van der Waals surface area contributed by atoms with E-state index < -0.39 is 28.9 Å². The molecule has 0 spiro atoms. The van der Waals surface area contributed by atoms with Crippen LogP contribution in [0.4, 0.5) is 20.2 Å². The molecule has 2 N–H and O–H groups in total. The van der Waals surface area contributed by atoms with Gasteiger partial charge in [0.05, 0.1) is 19.2 Å². The Balaban J connectivity index is 0.00000205. The molecule has 1 fully saturated rings. The quantitative estimate of drug-likeness (QED) is 0.0756. The van der Waals surface area contributed by atoms with E-state index in [1.165, 1.54) is 36.4 Å². The van der Waals surface area contributed by atoms with Gasteiger partial charge in [-0.3, -0.25) is 14.6 Å². The number of pyridine rings is 1. The Morgan fingerprint density at radius 3 is 2.21 bits per heavy atom. The number of nitrogens with one attached hydrogen (secondary N) is 2. The number of hydrogen-bond donors (Lipinski definition) is 2. The van der Waals surface area contributed by atoms with Gasteiger partial charge in [-0.15, -0.1) is 6.58 Å². The van der Waals surface area contributed by atoms with E-state index in [0.717, 1.165) is 38.2 Å². The lowest BCUT2D eigenvalue weighted by Crippen LogP contribution is -2.35. The minimum absolute atomic E-state index is 0. The second kappa shape index (κ2) is 16.5. The van der Waals surface area contributed by atoms with Gasteiger partial charge < -0.3 is 24.8 Å². The summed E-state index contributed by atoms with van der Waals surface area (Å²) in [6, 6.07) is 14.4. The summed E-state index contributed by atoms with van der Waals surface area (Å²) in [6.07, 6.45) is 9.40. The van der Waals surface area contributed by atoms with Crippen LogP contribution in [0.25, 0.3) is 10.9 Å². The maximum atomic E-state index is 15.2. The lowest BCUT2D eigenvalue weighted by atomic mass is 10.0. The molecule has 47 heavy (non-hydrogen) atoms. The van der Waals surface area contributed by atoms with Gasteiger partial charge in [0, 0.05) is 37.9 Å². The van der Waals surface area contributed by atoms with Gasteiger partial charge in [-0.25, -0.2) is 8.78 Å².